The number of thiazole rings is 1. The summed E-state index contributed by atoms with van der Waals surface area (Å²) in [5.41, 5.74) is 7.25. The molecule has 0 unspecified atom stereocenters. The fourth-order valence-corrected chi connectivity index (χ4v) is 2.53. The number of ether oxygens (including phenoxy) is 1. The lowest BCUT2D eigenvalue weighted by atomic mass is 10.1. The summed E-state index contributed by atoms with van der Waals surface area (Å²) < 4.78 is 5.08. The van der Waals surface area contributed by atoms with Crippen LogP contribution in [-0.4, -0.2) is 42.6 Å². The second-order valence-electron chi connectivity index (χ2n) is 4.13. The van der Waals surface area contributed by atoms with Crippen molar-refractivity contribution in [2.75, 3.05) is 26.8 Å². The van der Waals surface area contributed by atoms with Crippen molar-refractivity contribution in [3.05, 3.63) is 27.7 Å². The summed E-state index contributed by atoms with van der Waals surface area (Å²) in [7, 11) is 1.68. The Bertz CT molecular complexity index is 456. The highest BCUT2D eigenvalue weighted by atomic mass is 32.1. The Balaban J connectivity index is 1.99. The van der Waals surface area contributed by atoms with Crippen LogP contribution in [0, 0.1) is 0 Å². The lowest BCUT2D eigenvalue weighted by Crippen LogP contribution is -2.35. The van der Waals surface area contributed by atoms with E-state index in [4.69, 9.17) is 10.5 Å². The highest BCUT2D eigenvalue weighted by Gasteiger charge is 2.20. The number of rotatable bonds is 4. The molecule has 18 heavy (non-hydrogen) atoms. The smallest absolute Gasteiger partial charge is 0.273 e. The van der Waals surface area contributed by atoms with Crippen LogP contribution in [0.15, 0.2) is 17.0 Å². The van der Waals surface area contributed by atoms with Crippen molar-refractivity contribution in [3.8, 4) is 0 Å². The van der Waals surface area contributed by atoms with Crippen LogP contribution in [0.2, 0.25) is 0 Å². The molecule has 2 heterocycles. The molecular formula is C12H17N3O2S. The van der Waals surface area contributed by atoms with Crippen molar-refractivity contribution in [2.45, 2.75) is 13.0 Å². The van der Waals surface area contributed by atoms with Gasteiger partial charge in [0.15, 0.2) is 0 Å². The monoisotopic (exact) mass is 267 g/mol. The number of nitrogens with zero attached hydrogens (tertiary/aromatic N) is 2. The summed E-state index contributed by atoms with van der Waals surface area (Å²) in [4.78, 5) is 18.2. The van der Waals surface area contributed by atoms with E-state index in [1.165, 1.54) is 16.9 Å². The molecule has 1 amide bonds. The number of carbonyl (C=O) groups excluding carboxylic acids is 1. The number of aromatic nitrogens is 1. The van der Waals surface area contributed by atoms with E-state index in [1.54, 1.807) is 17.4 Å². The van der Waals surface area contributed by atoms with Gasteiger partial charge in [0.2, 0.25) is 0 Å². The zero-order chi connectivity index (χ0) is 13.0. The van der Waals surface area contributed by atoms with Crippen LogP contribution in [0.4, 0.5) is 0 Å². The van der Waals surface area contributed by atoms with Crippen molar-refractivity contribution in [1.29, 1.82) is 0 Å². The van der Waals surface area contributed by atoms with Gasteiger partial charge in [-0.2, -0.15) is 0 Å². The van der Waals surface area contributed by atoms with Gasteiger partial charge in [-0.05, 0) is 12.0 Å². The van der Waals surface area contributed by atoms with Crippen LogP contribution >= 0.6 is 11.3 Å². The number of carbonyl (C=O) groups is 1. The van der Waals surface area contributed by atoms with E-state index >= 15 is 0 Å². The van der Waals surface area contributed by atoms with E-state index in [1.807, 2.05) is 0 Å². The molecular weight excluding hydrogens is 250 g/mol. The van der Waals surface area contributed by atoms with Gasteiger partial charge in [0.05, 0.1) is 6.61 Å². The van der Waals surface area contributed by atoms with Crippen LogP contribution in [0.5, 0.6) is 0 Å². The highest BCUT2D eigenvalue weighted by molar-refractivity contribution is 7.09. The average molecular weight is 267 g/mol. The Labute approximate surface area is 110 Å². The normalized spacial score (nSPS) is 15.7. The number of hydrogen-bond acceptors (Lipinski definition) is 5. The second kappa shape index (κ2) is 6.08. The van der Waals surface area contributed by atoms with E-state index in [0.717, 1.165) is 18.0 Å². The third-order valence-electron chi connectivity index (χ3n) is 2.87. The van der Waals surface area contributed by atoms with Crippen LogP contribution in [-0.2, 0) is 11.3 Å². The van der Waals surface area contributed by atoms with E-state index < -0.39 is 0 Å². The minimum absolute atomic E-state index is 0.0151. The largest absolute Gasteiger partial charge is 0.380 e. The van der Waals surface area contributed by atoms with Gasteiger partial charge in [-0.1, -0.05) is 6.08 Å². The summed E-state index contributed by atoms with van der Waals surface area (Å²) in [5.74, 6) is -0.0151. The van der Waals surface area contributed by atoms with Gasteiger partial charge in [0.1, 0.15) is 10.7 Å². The summed E-state index contributed by atoms with van der Waals surface area (Å²) in [5, 5.41) is 2.57. The van der Waals surface area contributed by atoms with E-state index in [9.17, 15) is 4.79 Å². The predicted molar refractivity (Wildman–Crippen MR) is 70.5 cm³/mol. The molecule has 2 N–H and O–H groups in total. The van der Waals surface area contributed by atoms with Crippen molar-refractivity contribution < 1.29 is 9.53 Å². The molecule has 0 aromatic carbocycles. The Morgan fingerprint density at radius 2 is 2.50 bits per heavy atom. The van der Waals surface area contributed by atoms with Crippen LogP contribution in [0.1, 0.15) is 21.9 Å². The molecule has 0 saturated heterocycles. The lowest BCUT2D eigenvalue weighted by Gasteiger charge is -2.25. The zero-order valence-corrected chi connectivity index (χ0v) is 11.2. The summed E-state index contributed by atoms with van der Waals surface area (Å²) in [6, 6.07) is 0. The van der Waals surface area contributed by atoms with Gasteiger partial charge in [-0.15, -0.1) is 11.3 Å². The Morgan fingerprint density at radius 1 is 1.67 bits per heavy atom. The summed E-state index contributed by atoms with van der Waals surface area (Å²) in [6.45, 7) is 2.39. The van der Waals surface area contributed by atoms with Crippen LogP contribution in [0.3, 0.4) is 0 Å². The first-order valence-corrected chi connectivity index (χ1v) is 6.73. The molecule has 6 heteroatoms. The number of methoxy groups -OCH3 is 1. The molecule has 0 bridgehead atoms. The van der Waals surface area contributed by atoms with Crippen LogP contribution in [0.25, 0.3) is 0 Å². The Kier molecular flexibility index (Phi) is 4.46. The summed E-state index contributed by atoms with van der Waals surface area (Å²) in [6.07, 6.45) is 2.93. The van der Waals surface area contributed by atoms with Gasteiger partial charge in [0, 0.05) is 32.1 Å². The standard InChI is InChI=1S/C12H17N3O2S/c1-17-7-9-2-4-15(5-3-9)12(16)10-8-18-11(6-13)14-10/h2,8H,3-7,13H2,1H3. The number of nitrogens with two attached hydrogens (primary N) is 1. The van der Waals surface area contributed by atoms with Crippen molar-refractivity contribution in [1.82, 2.24) is 9.88 Å². The van der Waals surface area contributed by atoms with Crippen molar-refractivity contribution >= 4 is 17.2 Å². The molecule has 1 aliphatic rings. The molecule has 5 nitrogen and oxygen atoms in total. The predicted octanol–water partition coefficient (Wildman–Crippen LogP) is 1.02. The molecule has 0 aliphatic carbocycles. The van der Waals surface area contributed by atoms with Gasteiger partial charge in [0.25, 0.3) is 5.91 Å². The molecule has 2 rings (SSSR count). The molecule has 0 fully saturated rings. The average Bonchev–Trinajstić information content (AvgIpc) is 2.88. The third kappa shape index (κ3) is 2.95. The molecule has 0 spiro atoms. The molecule has 1 aliphatic heterocycles. The minimum Gasteiger partial charge on any atom is -0.380 e. The molecule has 0 radical (unpaired) electrons. The molecule has 1 aromatic heterocycles. The van der Waals surface area contributed by atoms with Gasteiger partial charge in [-0.3, -0.25) is 4.79 Å². The van der Waals surface area contributed by atoms with E-state index in [0.29, 0.717) is 25.4 Å². The quantitative estimate of drug-likeness (QED) is 0.827. The molecule has 98 valence electrons. The third-order valence-corrected chi connectivity index (χ3v) is 3.74. The fourth-order valence-electron chi connectivity index (χ4n) is 1.88. The number of hydrogen-bond donors (Lipinski definition) is 1. The Hall–Kier alpha value is -1.24. The molecule has 0 atom stereocenters. The number of amides is 1. The maximum absolute atomic E-state index is 12.2. The minimum atomic E-state index is -0.0151. The van der Waals surface area contributed by atoms with Gasteiger partial charge in [-0.25, -0.2) is 4.98 Å². The Morgan fingerprint density at radius 3 is 3.06 bits per heavy atom. The van der Waals surface area contributed by atoms with E-state index in [-0.39, 0.29) is 5.91 Å². The topological polar surface area (TPSA) is 68.5 Å². The fraction of sp³-hybridized carbons (Fsp3) is 0.500. The second-order valence-corrected chi connectivity index (χ2v) is 5.07. The maximum atomic E-state index is 12.2. The summed E-state index contributed by atoms with van der Waals surface area (Å²) >= 11 is 1.43. The molecule has 1 aromatic rings. The SMILES string of the molecule is COCC1=CCN(C(=O)c2csc(CN)n2)CC1. The maximum Gasteiger partial charge on any atom is 0.273 e. The van der Waals surface area contributed by atoms with Gasteiger partial charge >= 0.3 is 0 Å². The van der Waals surface area contributed by atoms with Gasteiger partial charge < -0.3 is 15.4 Å². The first kappa shape index (κ1) is 13.2. The first-order valence-electron chi connectivity index (χ1n) is 5.85. The first-order chi connectivity index (χ1) is 8.74. The highest BCUT2D eigenvalue weighted by Crippen LogP contribution is 2.16. The van der Waals surface area contributed by atoms with Crippen molar-refractivity contribution in [3.63, 3.8) is 0 Å². The van der Waals surface area contributed by atoms with Crippen LogP contribution < -0.4 is 5.73 Å². The molecule has 0 saturated carbocycles. The zero-order valence-electron chi connectivity index (χ0n) is 10.4. The lowest BCUT2D eigenvalue weighted by molar-refractivity contribution is 0.0759. The van der Waals surface area contributed by atoms with E-state index in [2.05, 4.69) is 11.1 Å². The van der Waals surface area contributed by atoms with Crippen molar-refractivity contribution in [2.24, 2.45) is 5.73 Å².